The lowest BCUT2D eigenvalue weighted by molar-refractivity contribution is 0.102. The first-order valence-corrected chi connectivity index (χ1v) is 13.4. The molecule has 0 atom stereocenters. The van der Waals surface area contributed by atoms with Crippen molar-refractivity contribution in [1.82, 2.24) is 13.9 Å². The maximum Gasteiger partial charge on any atom is 0.297 e. The standard InChI is InChI=1S/C30H26ClN5O2S/c1-4-19-35-26(21-11-7-5-8-12-21)28(33-27(37)22-15-17-23(31)18-16-22)39-30(35)32-25-20(2)34(3)36(29(25)38)24-13-9-6-10-14-24/h4-18H,1,19H2,2-3H3,(H,33,37). The van der Waals surface area contributed by atoms with Gasteiger partial charge in [-0.25, -0.2) is 9.67 Å². The zero-order valence-electron chi connectivity index (χ0n) is 21.5. The minimum atomic E-state index is -0.273. The Hall–Kier alpha value is -4.40. The quantitative estimate of drug-likeness (QED) is 0.238. The first-order valence-electron chi connectivity index (χ1n) is 12.2. The maximum atomic E-state index is 13.6. The Balaban J connectivity index is 1.71. The van der Waals surface area contributed by atoms with Crippen molar-refractivity contribution in [3.63, 3.8) is 0 Å². The molecule has 0 aliphatic carbocycles. The van der Waals surface area contributed by atoms with E-state index in [2.05, 4.69) is 11.9 Å². The van der Waals surface area contributed by atoms with Gasteiger partial charge in [-0.15, -0.1) is 6.58 Å². The number of nitrogens with one attached hydrogen (secondary N) is 1. The molecule has 39 heavy (non-hydrogen) atoms. The monoisotopic (exact) mass is 555 g/mol. The van der Waals surface area contributed by atoms with Gasteiger partial charge in [-0.05, 0) is 43.3 Å². The number of amides is 1. The number of thiazole rings is 1. The zero-order valence-corrected chi connectivity index (χ0v) is 23.0. The highest BCUT2D eigenvalue weighted by Crippen LogP contribution is 2.32. The second-order valence-corrected chi connectivity index (χ2v) is 10.2. The van der Waals surface area contributed by atoms with Crippen molar-refractivity contribution in [2.24, 2.45) is 12.0 Å². The smallest absolute Gasteiger partial charge is 0.297 e. The van der Waals surface area contributed by atoms with Gasteiger partial charge in [-0.1, -0.05) is 77.5 Å². The molecule has 0 aliphatic rings. The third kappa shape index (κ3) is 5.16. The first-order chi connectivity index (χ1) is 18.9. The van der Waals surface area contributed by atoms with Gasteiger partial charge in [0.1, 0.15) is 5.00 Å². The van der Waals surface area contributed by atoms with E-state index in [1.165, 1.54) is 11.3 Å². The summed E-state index contributed by atoms with van der Waals surface area (Å²) in [4.78, 5) is 32.2. The number of carbonyl (C=O) groups is 1. The first kappa shape index (κ1) is 26.2. The van der Waals surface area contributed by atoms with Crippen LogP contribution in [0.1, 0.15) is 16.1 Å². The largest absolute Gasteiger partial charge is 0.312 e. The number of anilines is 1. The molecule has 5 aromatic rings. The van der Waals surface area contributed by atoms with Crippen LogP contribution in [0.15, 0.2) is 107 Å². The van der Waals surface area contributed by atoms with Crippen LogP contribution in [0.2, 0.25) is 5.02 Å². The van der Waals surface area contributed by atoms with Gasteiger partial charge < -0.3 is 9.88 Å². The van der Waals surface area contributed by atoms with Gasteiger partial charge in [0.15, 0.2) is 10.5 Å². The summed E-state index contributed by atoms with van der Waals surface area (Å²) in [7, 11) is 1.84. The second-order valence-electron chi connectivity index (χ2n) is 8.81. The van der Waals surface area contributed by atoms with Crippen LogP contribution >= 0.6 is 22.9 Å². The minimum absolute atomic E-state index is 0.229. The van der Waals surface area contributed by atoms with E-state index in [1.54, 1.807) is 39.7 Å². The Kier molecular flexibility index (Phi) is 7.49. The predicted octanol–water partition coefficient (Wildman–Crippen LogP) is 6.34. The SMILES string of the molecule is C=CCn1c(-c2ccccc2)c(NC(=O)c2ccc(Cl)cc2)sc1=Nc1c(C)n(C)n(-c2ccccc2)c1=O. The van der Waals surface area contributed by atoms with E-state index in [9.17, 15) is 9.59 Å². The highest BCUT2D eigenvalue weighted by Gasteiger charge is 2.20. The van der Waals surface area contributed by atoms with Crippen molar-refractivity contribution >= 4 is 39.5 Å². The summed E-state index contributed by atoms with van der Waals surface area (Å²) in [5, 5.41) is 4.22. The van der Waals surface area contributed by atoms with Crippen molar-refractivity contribution in [1.29, 1.82) is 0 Å². The van der Waals surface area contributed by atoms with E-state index in [-0.39, 0.29) is 11.5 Å². The topological polar surface area (TPSA) is 73.3 Å². The van der Waals surface area contributed by atoms with Crippen LogP contribution in [0.5, 0.6) is 0 Å². The second kappa shape index (κ2) is 11.1. The summed E-state index contributed by atoms with van der Waals surface area (Å²) in [6, 6.07) is 25.9. The third-order valence-corrected chi connectivity index (χ3v) is 7.58. The number of carbonyl (C=O) groups excluding carboxylic acids is 1. The van der Waals surface area contributed by atoms with Crippen molar-refractivity contribution in [3.8, 4) is 16.9 Å². The Morgan fingerprint density at radius 3 is 2.31 bits per heavy atom. The lowest BCUT2D eigenvalue weighted by atomic mass is 10.1. The van der Waals surface area contributed by atoms with Gasteiger partial charge >= 0.3 is 0 Å². The number of para-hydroxylation sites is 1. The molecule has 196 valence electrons. The molecule has 0 bridgehead atoms. The van der Waals surface area contributed by atoms with Crippen molar-refractivity contribution in [2.45, 2.75) is 13.5 Å². The fourth-order valence-corrected chi connectivity index (χ4v) is 5.51. The number of halogens is 1. The number of hydrogen-bond donors (Lipinski definition) is 1. The van der Waals surface area contributed by atoms with Crippen molar-refractivity contribution in [3.05, 3.63) is 129 Å². The van der Waals surface area contributed by atoms with E-state index >= 15 is 0 Å². The molecule has 1 N–H and O–H groups in total. The van der Waals surface area contributed by atoms with Crippen LogP contribution in [0.3, 0.4) is 0 Å². The average Bonchev–Trinajstić information content (AvgIpc) is 3.38. The van der Waals surface area contributed by atoms with Crippen molar-refractivity contribution < 1.29 is 4.79 Å². The molecule has 2 aromatic heterocycles. The average molecular weight is 556 g/mol. The molecule has 0 saturated carbocycles. The molecule has 0 radical (unpaired) electrons. The molecule has 0 aliphatic heterocycles. The summed E-state index contributed by atoms with van der Waals surface area (Å²) in [5.74, 6) is -0.273. The lowest BCUT2D eigenvalue weighted by Gasteiger charge is -2.10. The van der Waals surface area contributed by atoms with E-state index < -0.39 is 0 Å². The van der Waals surface area contributed by atoms with Gasteiger partial charge in [0.05, 0.1) is 17.1 Å². The fourth-order valence-electron chi connectivity index (χ4n) is 4.32. The highest BCUT2D eigenvalue weighted by atomic mass is 35.5. The number of rotatable bonds is 7. The lowest BCUT2D eigenvalue weighted by Crippen LogP contribution is -2.20. The summed E-state index contributed by atoms with van der Waals surface area (Å²) >= 11 is 7.31. The molecule has 9 heteroatoms. The van der Waals surface area contributed by atoms with Gasteiger partial charge in [0.2, 0.25) is 0 Å². The molecule has 0 spiro atoms. The number of allylic oxidation sites excluding steroid dienone is 1. The molecule has 0 fully saturated rings. The highest BCUT2D eigenvalue weighted by molar-refractivity contribution is 7.14. The zero-order chi connectivity index (χ0) is 27.5. The molecule has 5 rings (SSSR count). The van der Waals surface area contributed by atoms with Crippen LogP contribution < -0.4 is 15.7 Å². The third-order valence-electron chi connectivity index (χ3n) is 6.33. The Labute approximate surface area is 234 Å². The van der Waals surface area contributed by atoms with Gasteiger partial charge in [-0.2, -0.15) is 0 Å². The Bertz CT molecular complexity index is 1780. The van der Waals surface area contributed by atoms with E-state index in [4.69, 9.17) is 16.6 Å². The number of benzene rings is 3. The van der Waals surface area contributed by atoms with Gasteiger partial charge in [0.25, 0.3) is 11.5 Å². The number of nitrogens with zero attached hydrogens (tertiary/aromatic N) is 4. The number of aromatic nitrogens is 3. The molecule has 1 amide bonds. The molecule has 0 unspecified atom stereocenters. The fraction of sp³-hybridized carbons (Fsp3) is 0.100. The van der Waals surface area contributed by atoms with E-state index in [0.29, 0.717) is 32.6 Å². The normalized spacial score (nSPS) is 11.5. The Morgan fingerprint density at radius 1 is 1.03 bits per heavy atom. The number of hydrogen-bond acceptors (Lipinski definition) is 4. The summed E-state index contributed by atoms with van der Waals surface area (Å²) in [5.41, 5.74) is 3.72. The van der Waals surface area contributed by atoms with Crippen molar-refractivity contribution in [2.75, 3.05) is 5.32 Å². The van der Waals surface area contributed by atoms with Crippen LogP contribution in [0, 0.1) is 6.92 Å². The molecule has 7 nitrogen and oxygen atoms in total. The maximum absolute atomic E-state index is 13.6. The molecular weight excluding hydrogens is 530 g/mol. The predicted molar refractivity (Wildman–Crippen MR) is 158 cm³/mol. The van der Waals surface area contributed by atoms with E-state index in [0.717, 1.165) is 22.6 Å². The van der Waals surface area contributed by atoms with Crippen LogP contribution in [0.4, 0.5) is 10.7 Å². The molecule has 0 saturated heterocycles. The van der Waals surface area contributed by atoms with Crippen LogP contribution in [-0.2, 0) is 13.6 Å². The Morgan fingerprint density at radius 2 is 1.67 bits per heavy atom. The van der Waals surface area contributed by atoms with Crippen LogP contribution in [0.25, 0.3) is 16.9 Å². The molecule has 3 aromatic carbocycles. The molecule has 2 heterocycles. The van der Waals surface area contributed by atoms with Gasteiger partial charge in [-0.3, -0.25) is 14.3 Å². The summed E-state index contributed by atoms with van der Waals surface area (Å²) in [6.07, 6.45) is 1.77. The van der Waals surface area contributed by atoms with Gasteiger partial charge in [0, 0.05) is 29.7 Å². The summed E-state index contributed by atoms with van der Waals surface area (Å²) in [6.45, 7) is 6.22. The summed E-state index contributed by atoms with van der Waals surface area (Å²) < 4.78 is 5.35. The minimum Gasteiger partial charge on any atom is -0.312 e. The molecular formula is C30H26ClN5O2S. The van der Waals surface area contributed by atoms with E-state index in [1.807, 2.05) is 79.2 Å². The van der Waals surface area contributed by atoms with Crippen LogP contribution in [-0.4, -0.2) is 19.8 Å².